The molecule has 0 heterocycles. The number of carboxylic acid groups (broad SMARTS) is 1. The molecule has 0 aliphatic carbocycles. The summed E-state index contributed by atoms with van der Waals surface area (Å²) in [5, 5.41) is 11.9. The molecule has 0 atom stereocenters. The van der Waals surface area contributed by atoms with Crippen LogP contribution in [-0.4, -0.2) is 30.2 Å². The Kier molecular flexibility index (Phi) is 10.6. The van der Waals surface area contributed by atoms with Crippen LogP contribution in [-0.2, 0) is 11.2 Å². The summed E-state index contributed by atoms with van der Waals surface area (Å²) in [5.41, 5.74) is 3.98. The molecule has 0 saturated heterocycles. The van der Waals surface area contributed by atoms with E-state index in [1.807, 2.05) is 53.4 Å². The first-order valence-electron chi connectivity index (χ1n) is 11.5. The topological polar surface area (TPSA) is 69.6 Å². The standard InChI is InChI=1S/C26H36N2O3/c1-3-5-6-7-8-18-27-26(31)28(19-4-2)24-11-9-10-23(20-24)22-15-12-21(13-16-22)14-17-25(29)30/h9-13,15-16,20H,3-8,14,17-19H2,1-2H3,(H,27,31)(H,29,30). The molecule has 0 bridgehead atoms. The van der Waals surface area contributed by atoms with E-state index in [1.165, 1.54) is 19.3 Å². The number of nitrogens with zero attached hydrogens (tertiary/aromatic N) is 1. The van der Waals surface area contributed by atoms with Gasteiger partial charge in [-0.05, 0) is 48.1 Å². The fourth-order valence-electron chi connectivity index (χ4n) is 3.56. The number of aryl methyl sites for hydroxylation is 1. The first-order valence-corrected chi connectivity index (χ1v) is 11.5. The molecule has 2 aromatic rings. The summed E-state index contributed by atoms with van der Waals surface area (Å²) in [4.78, 5) is 25.4. The predicted molar refractivity (Wildman–Crippen MR) is 128 cm³/mol. The molecule has 2 amide bonds. The Morgan fingerprint density at radius 3 is 2.32 bits per heavy atom. The van der Waals surface area contributed by atoms with Gasteiger partial charge in [-0.1, -0.05) is 75.9 Å². The molecule has 5 heteroatoms. The highest BCUT2D eigenvalue weighted by atomic mass is 16.4. The lowest BCUT2D eigenvalue weighted by Gasteiger charge is -2.23. The maximum absolute atomic E-state index is 12.8. The van der Waals surface area contributed by atoms with E-state index >= 15 is 0 Å². The van der Waals surface area contributed by atoms with Crippen molar-refractivity contribution in [2.24, 2.45) is 0 Å². The molecule has 0 aliphatic rings. The number of urea groups is 1. The van der Waals surface area contributed by atoms with E-state index < -0.39 is 5.97 Å². The Morgan fingerprint density at radius 2 is 1.65 bits per heavy atom. The van der Waals surface area contributed by atoms with E-state index in [0.717, 1.165) is 41.6 Å². The van der Waals surface area contributed by atoms with Crippen LogP contribution in [0.5, 0.6) is 0 Å². The molecular weight excluding hydrogens is 388 g/mol. The van der Waals surface area contributed by atoms with Gasteiger partial charge in [-0.2, -0.15) is 0 Å². The quantitative estimate of drug-likeness (QED) is 0.372. The van der Waals surface area contributed by atoms with Crippen molar-refractivity contribution in [1.82, 2.24) is 5.32 Å². The largest absolute Gasteiger partial charge is 0.481 e. The van der Waals surface area contributed by atoms with Crippen molar-refractivity contribution in [3.05, 3.63) is 54.1 Å². The first kappa shape index (κ1) is 24.4. The minimum absolute atomic E-state index is 0.0430. The monoisotopic (exact) mass is 424 g/mol. The third kappa shape index (κ3) is 8.44. The van der Waals surface area contributed by atoms with Crippen molar-refractivity contribution in [3.63, 3.8) is 0 Å². The van der Waals surface area contributed by atoms with Gasteiger partial charge in [0.25, 0.3) is 0 Å². The van der Waals surface area contributed by atoms with E-state index in [9.17, 15) is 9.59 Å². The fraction of sp³-hybridized carbons (Fsp3) is 0.462. The zero-order valence-corrected chi connectivity index (χ0v) is 18.9. The van der Waals surface area contributed by atoms with E-state index in [-0.39, 0.29) is 12.5 Å². The van der Waals surface area contributed by atoms with Gasteiger partial charge >= 0.3 is 12.0 Å². The van der Waals surface area contributed by atoms with Crippen LogP contribution in [0.15, 0.2) is 48.5 Å². The number of rotatable bonds is 13. The van der Waals surface area contributed by atoms with E-state index in [4.69, 9.17) is 5.11 Å². The highest BCUT2D eigenvalue weighted by Crippen LogP contribution is 2.26. The molecule has 2 aromatic carbocycles. The molecule has 31 heavy (non-hydrogen) atoms. The first-order chi connectivity index (χ1) is 15.0. The molecule has 0 fully saturated rings. The zero-order valence-electron chi connectivity index (χ0n) is 18.9. The van der Waals surface area contributed by atoms with Gasteiger partial charge in [0, 0.05) is 25.2 Å². The van der Waals surface area contributed by atoms with Crippen LogP contribution in [0.1, 0.15) is 64.4 Å². The summed E-state index contributed by atoms with van der Waals surface area (Å²) >= 11 is 0. The van der Waals surface area contributed by atoms with Crippen LogP contribution in [0.3, 0.4) is 0 Å². The molecule has 168 valence electrons. The van der Waals surface area contributed by atoms with Crippen LogP contribution >= 0.6 is 0 Å². The lowest BCUT2D eigenvalue weighted by Crippen LogP contribution is -2.41. The van der Waals surface area contributed by atoms with Crippen molar-refractivity contribution in [3.8, 4) is 11.1 Å². The number of carbonyl (C=O) groups is 2. The number of carboxylic acids is 1. The fourth-order valence-corrected chi connectivity index (χ4v) is 3.56. The van der Waals surface area contributed by atoms with Crippen molar-refractivity contribution >= 4 is 17.7 Å². The molecule has 0 radical (unpaired) electrons. The highest BCUT2D eigenvalue weighted by Gasteiger charge is 2.15. The average Bonchev–Trinajstić information content (AvgIpc) is 2.78. The summed E-state index contributed by atoms with van der Waals surface area (Å²) in [7, 11) is 0. The molecule has 0 unspecified atom stereocenters. The number of benzene rings is 2. The molecule has 0 aliphatic heterocycles. The van der Waals surface area contributed by atoms with Crippen LogP contribution in [0.2, 0.25) is 0 Å². The number of carbonyl (C=O) groups excluding carboxylic acids is 1. The van der Waals surface area contributed by atoms with Crippen LogP contribution in [0.4, 0.5) is 10.5 Å². The van der Waals surface area contributed by atoms with Gasteiger partial charge in [-0.3, -0.25) is 9.69 Å². The zero-order chi connectivity index (χ0) is 22.5. The number of amides is 2. The Balaban J connectivity index is 2.04. The normalized spacial score (nSPS) is 10.6. The predicted octanol–water partition coefficient (Wildman–Crippen LogP) is 6.27. The Labute approximate surface area is 186 Å². The summed E-state index contributed by atoms with van der Waals surface area (Å²) in [6, 6.07) is 15.9. The van der Waals surface area contributed by atoms with E-state index in [2.05, 4.69) is 19.2 Å². The van der Waals surface area contributed by atoms with Crippen molar-refractivity contribution < 1.29 is 14.7 Å². The van der Waals surface area contributed by atoms with E-state index in [1.54, 1.807) is 0 Å². The Hall–Kier alpha value is -2.82. The summed E-state index contributed by atoms with van der Waals surface area (Å²) < 4.78 is 0. The SMILES string of the molecule is CCCCCCCNC(=O)N(CCC)c1cccc(-c2ccc(CCC(=O)O)cc2)c1. The molecule has 0 saturated carbocycles. The maximum atomic E-state index is 12.8. The number of unbranched alkanes of at least 4 members (excludes halogenated alkanes) is 4. The molecule has 2 rings (SSSR count). The smallest absolute Gasteiger partial charge is 0.321 e. The second kappa shape index (κ2) is 13.5. The number of hydrogen-bond donors (Lipinski definition) is 2. The lowest BCUT2D eigenvalue weighted by molar-refractivity contribution is -0.136. The minimum Gasteiger partial charge on any atom is -0.481 e. The molecule has 5 nitrogen and oxygen atoms in total. The van der Waals surface area contributed by atoms with Gasteiger partial charge in [0.2, 0.25) is 0 Å². The van der Waals surface area contributed by atoms with E-state index in [0.29, 0.717) is 19.5 Å². The van der Waals surface area contributed by atoms with Gasteiger partial charge in [0.15, 0.2) is 0 Å². The molecular formula is C26H36N2O3. The van der Waals surface area contributed by atoms with Gasteiger partial charge < -0.3 is 10.4 Å². The number of hydrogen-bond acceptors (Lipinski definition) is 2. The van der Waals surface area contributed by atoms with Crippen LogP contribution in [0, 0.1) is 0 Å². The number of anilines is 1. The maximum Gasteiger partial charge on any atom is 0.321 e. The Morgan fingerprint density at radius 1 is 0.903 bits per heavy atom. The molecule has 0 aromatic heterocycles. The van der Waals surface area contributed by atoms with Crippen LogP contribution in [0.25, 0.3) is 11.1 Å². The van der Waals surface area contributed by atoms with Gasteiger partial charge in [0.05, 0.1) is 0 Å². The number of nitrogens with one attached hydrogen (secondary N) is 1. The summed E-state index contributed by atoms with van der Waals surface area (Å²) in [6.45, 7) is 5.65. The second-order valence-corrected chi connectivity index (χ2v) is 7.94. The minimum atomic E-state index is -0.785. The van der Waals surface area contributed by atoms with Crippen molar-refractivity contribution in [2.75, 3.05) is 18.0 Å². The third-order valence-electron chi connectivity index (χ3n) is 5.32. The van der Waals surface area contributed by atoms with Gasteiger partial charge in [-0.15, -0.1) is 0 Å². The van der Waals surface area contributed by atoms with Crippen LogP contribution < -0.4 is 10.2 Å². The lowest BCUT2D eigenvalue weighted by atomic mass is 10.0. The molecule has 2 N–H and O–H groups in total. The van der Waals surface area contributed by atoms with Crippen molar-refractivity contribution in [2.45, 2.75) is 65.2 Å². The van der Waals surface area contributed by atoms with Gasteiger partial charge in [-0.25, -0.2) is 4.79 Å². The second-order valence-electron chi connectivity index (χ2n) is 7.94. The third-order valence-corrected chi connectivity index (χ3v) is 5.32. The Bertz CT molecular complexity index is 818. The number of aliphatic carboxylic acids is 1. The summed E-state index contributed by atoms with van der Waals surface area (Å²) in [5.74, 6) is -0.785. The average molecular weight is 425 g/mol. The highest BCUT2D eigenvalue weighted by molar-refractivity contribution is 5.92. The summed E-state index contributed by atoms with van der Waals surface area (Å²) in [6.07, 6.45) is 7.41. The van der Waals surface area contributed by atoms with Crippen molar-refractivity contribution in [1.29, 1.82) is 0 Å². The van der Waals surface area contributed by atoms with Gasteiger partial charge in [0.1, 0.15) is 0 Å². The molecule has 0 spiro atoms.